The normalized spacial score (nSPS) is 15.6. The summed E-state index contributed by atoms with van der Waals surface area (Å²) in [4.78, 5) is 15.6. The number of fused-ring (bicyclic) bond motifs is 1. The maximum atomic E-state index is 15.5. The second kappa shape index (κ2) is 8.88. The van der Waals surface area contributed by atoms with Crippen molar-refractivity contribution in [3.63, 3.8) is 0 Å². The first-order valence-corrected chi connectivity index (χ1v) is 11.9. The zero-order valence-electron chi connectivity index (χ0n) is 20.4. The molecule has 1 aliphatic rings. The van der Waals surface area contributed by atoms with Gasteiger partial charge in [-0.1, -0.05) is 18.2 Å². The monoisotopic (exact) mass is 498 g/mol. The molecule has 8 nitrogen and oxygen atoms in total. The molecule has 0 aliphatic carbocycles. The summed E-state index contributed by atoms with van der Waals surface area (Å²) in [5.41, 5.74) is 2.81. The highest BCUT2D eigenvalue weighted by Gasteiger charge is 2.29. The van der Waals surface area contributed by atoms with Gasteiger partial charge in [-0.2, -0.15) is 10.2 Å². The number of alkyl halides is 1. The lowest BCUT2D eigenvalue weighted by Crippen LogP contribution is -2.30. The van der Waals surface area contributed by atoms with Crippen molar-refractivity contribution in [1.29, 1.82) is 0 Å². The molecule has 0 spiro atoms. The molecule has 0 amide bonds. The summed E-state index contributed by atoms with van der Waals surface area (Å²) in [6.07, 6.45) is 13.1. The summed E-state index contributed by atoms with van der Waals surface area (Å²) in [6, 6.07) is 7.45. The average Bonchev–Trinajstić information content (AvgIpc) is 3.55. The Morgan fingerprint density at radius 2 is 1.70 bits per heavy atom. The fraction of sp³-hybridized carbons (Fsp3) is 0.222. The smallest absolute Gasteiger partial charge is 0.161 e. The molecule has 0 radical (unpaired) electrons. The highest BCUT2D eigenvalue weighted by atomic mass is 19.1. The molecule has 6 rings (SSSR count). The topological polar surface area (TPSA) is 77.0 Å². The Balaban J connectivity index is 1.21. The van der Waals surface area contributed by atoms with E-state index in [1.807, 2.05) is 30.2 Å². The summed E-state index contributed by atoms with van der Waals surface area (Å²) in [5, 5.41) is 8.63. The van der Waals surface area contributed by atoms with E-state index < -0.39 is 11.5 Å². The fourth-order valence-corrected chi connectivity index (χ4v) is 4.62. The van der Waals surface area contributed by atoms with Gasteiger partial charge in [-0.15, -0.1) is 0 Å². The lowest BCUT2D eigenvalue weighted by molar-refractivity contribution is 0.249. The number of rotatable bonds is 5. The van der Waals surface area contributed by atoms with E-state index in [-0.39, 0.29) is 0 Å². The molecule has 1 atom stereocenters. The zero-order valence-corrected chi connectivity index (χ0v) is 20.4. The van der Waals surface area contributed by atoms with Crippen LogP contribution in [0.3, 0.4) is 0 Å². The Labute approximate surface area is 211 Å². The number of anilines is 1. The predicted octanol–water partition coefficient (Wildman–Crippen LogP) is 4.59. The highest BCUT2D eigenvalue weighted by molar-refractivity contribution is 5.78. The van der Waals surface area contributed by atoms with Gasteiger partial charge >= 0.3 is 0 Å². The van der Waals surface area contributed by atoms with Crippen LogP contribution in [0.15, 0.2) is 73.7 Å². The van der Waals surface area contributed by atoms with Gasteiger partial charge in [0.2, 0.25) is 0 Å². The van der Waals surface area contributed by atoms with Crippen LogP contribution in [-0.4, -0.2) is 47.4 Å². The molecule has 0 bridgehead atoms. The van der Waals surface area contributed by atoms with Crippen LogP contribution in [-0.2, 0) is 12.7 Å². The summed E-state index contributed by atoms with van der Waals surface area (Å²) in [7, 11) is 1.89. The van der Waals surface area contributed by atoms with Gasteiger partial charge < -0.3 is 4.90 Å². The lowest BCUT2D eigenvalue weighted by atomic mass is 9.92. The molecule has 1 aromatic carbocycles. The standard InChI is InChI=1S/C27H24F2N8/c1-27(29,21-3-5-23(28)6-4-21)22-13-30-25(31-14-22)18-7-9-36(10-8-18)26-24-11-19(16-37(24)34-17-32-26)20-12-33-35(2)15-20/h3-7,11-17H,8-10H2,1-2H3. The van der Waals surface area contributed by atoms with Gasteiger partial charge in [0.1, 0.15) is 17.7 Å². The molecular formula is C27H24F2N8. The van der Waals surface area contributed by atoms with Crippen molar-refractivity contribution in [3.05, 3.63) is 96.5 Å². The van der Waals surface area contributed by atoms with Gasteiger partial charge in [-0.25, -0.2) is 28.2 Å². The number of hydrogen-bond acceptors (Lipinski definition) is 6. The first kappa shape index (κ1) is 23.0. The number of nitrogens with zero attached hydrogens (tertiary/aromatic N) is 8. The maximum absolute atomic E-state index is 15.5. The largest absolute Gasteiger partial charge is 0.351 e. The molecule has 4 aromatic heterocycles. The summed E-state index contributed by atoms with van der Waals surface area (Å²) < 4.78 is 32.4. The molecular weight excluding hydrogens is 474 g/mol. The van der Waals surface area contributed by atoms with Crippen LogP contribution in [0.1, 0.15) is 30.3 Å². The van der Waals surface area contributed by atoms with Crippen molar-refractivity contribution >= 4 is 16.9 Å². The number of aryl methyl sites for hydroxylation is 1. The van der Waals surface area contributed by atoms with Gasteiger partial charge in [-0.05, 0) is 42.7 Å². The van der Waals surface area contributed by atoms with Crippen molar-refractivity contribution < 1.29 is 8.78 Å². The number of aromatic nitrogens is 7. The van der Waals surface area contributed by atoms with Crippen LogP contribution < -0.4 is 4.90 Å². The number of hydrogen-bond donors (Lipinski definition) is 0. The Morgan fingerprint density at radius 1 is 0.919 bits per heavy atom. The highest BCUT2D eigenvalue weighted by Crippen LogP contribution is 2.34. The molecule has 37 heavy (non-hydrogen) atoms. The fourth-order valence-electron chi connectivity index (χ4n) is 4.62. The number of halogens is 2. The zero-order chi connectivity index (χ0) is 25.6. The van der Waals surface area contributed by atoms with Crippen LogP contribution in [0.2, 0.25) is 0 Å². The van der Waals surface area contributed by atoms with E-state index in [4.69, 9.17) is 0 Å². The minimum atomic E-state index is -1.83. The second-order valence-electron chi connectivity index (χ2n) is 9.28. The maximum Gasteiger partial charge on any atom is 0.161 e. The molecule has 0 saturated carbocycles. The van der Waals surface area contributed by atoms with Gasteiger partial charge in [-0.3, -0.25) is 4.68 Å². The first-order valence-electron chi connectivity index (χ1n) is 11.9. The third kappa shape index (κ3) is 4.24. The second-order valence-corrected chi connectivity index (χ2v) is 9.28. The quantitative estimate of drug-likeness (QED) is 0.353. The van der Waals surface area contributed by atoms with Crippen LogP contribution in [0.4, 0.5) is 14.6 Å². The Hall–Kier alpha value is -4.47. The molecule has 1 aliphatic heterocycles. The molecule has 0 fully saturated rings. The van der Waals surface area contributed by atoms with E-state index in [1.54, 1.807) is 11.0 Å². The molecule has 10 heteroatoms. The minimum absolute atomic E-state index is 0.321. The van der Waals surface area contributed by atoms with E-state index >= 15 is 4.39 Å². The third-order valence-electron chi connectivity index (χ3n) is 6.80. The third-order valence-corrected chi connectivity index (χ3v) is 6.80. The van der Waals surface area contributed by atoms with Crippen molar-refractivity contribution in [2.45, 2.75) is 19.0 Å². The van der Waals surface area contributed by atoms with Crippen LogP contribution in [0.25, 0.3) is 22.2 Å². The summed E-state index contributed by atoms with van der Waals surface area (Å²) in [6.45, 7) is 2.80. The minimum Gasteiger partial charge on any atom is -0.351 e. The Morgan fingerprint density at radius 3 is 2.38 bits per heavy atom. The van der Waals surface area contributed by atoms with Gasteiger partial charge in [0, 0.05) is 61.6 Å². The number of benzene rings is 1. The average molecular weight is 499 g/mol. The molecule has 0 saturated heterocycles. The van der Waals surface area contributed by atoms with Crippen molar-refractivity contribution in [3.8, 4) is 11.1 Å². The van der Waals surface area contributed by atoms with E-state index in [9.17, 15) is 4.39 Å². The molecule has 5 heterocycles. The van der Waals surface area contributed by atoms with Crippen LogP contribution >= 0.6 is 0 Å². The van der Waals surface area contributed by atoms with E-state index in [0.717, 1.165) is 41.0 Å². The van der Waals surface area contributed by atoms with Gasteiger partial charge in [0.15, 0.2) is 17.3 Å². The van der Waals surface area contributed by atoms with E-state index in [0.29, 0.717) is 23.5 Å². The van der Waals surface area contributed by atoms with Gasteiger partial charge in [0.05, 0.1) is 6.20 Å². The van der Waals surface area contributed by atoms with Crippen LogP contribution in [0.5, 0.6) is 0 Å². The van der Waals surface area contributed by atoms with E-state index in [1.165, 1.54) is 43.6 Å². The summed E-state index contributed by atoms with van der Waals surface area (Å²) in [5.74, 6) is 1.02. The molecule has 5 aromatic rings. The molecule has 1 unspecified atom stereocenters. The molecule has 0 N–H and O–H groups in total. The van der Waals surface area contributed by atoms with Crippen molar-refractivity contribution in [2.75, 3.05) is 18.0 Å². The summed E-state index contributed by atoms with van der Waals surface area (Å²) >= 11 is 0. The molecule has 186 valence electrons. The lowest BCUT2D eigenvalue weighted by Gasteiger charge is -2.27. The van der Waals surface area contributed by atoms with E-state index in [2.05, 4.69) is 42.2 Å². The Bertz CT molecular complexity index is 1600. The van der Waals surface area contributed by atoms with Crippen molar-refractivity contribution in [2.24, 2.45) is 7.05 Å². The SMILES string of the molecule is Cn1cc(-c2cc3c(N4CC=C(c5ncc(C(C)(F)c6ccc(F)cc6)cn5)CC4)ncnn3c2)cn1. The first-order chi connectivity index (χ1) is 17.9. The van der Waals surface area contributed by atoms with Crippen LogP contribution in [0, 0.1) is 5.82 Å². The predicted molar refractivity (Wildman–Crippen MR) is 136 cm³/mol. The Kier molecular flexibility index (Phi) is 5.51. The van der Waals surface area contributed by atoms with Gasteiger partial charge in [0.25, 0.3) is 0 Å². The van der Waals surface area contributed by atoms with Crippen molar-refractivity contribution in [1.82, 2.24) is 34.3 Å².